The molecule has 0 bridgehead atoms. The molecule has 5 heteroatoms. The summed E-state index contributed by atoms with van der Waals surface area (Å²) in [5.74, 6) is 0.923. The first-order valence-corrected chi connectivity index (χ1v) is 12.9. The lowest BCUT2D eigenvalue weighted by Gasteiger charge is -2.30. The van der Waals surface area contributed by atoms with Gasteiger partial charge in [0.15, 0.2) is 7.14 Å². The predicted octanol–water partition coefficient (Wildman–Crippen LogP) is 6.90. The van der Waals surface area contributed by atoms with Gasteiger partial charge in [0.1, 0.15) is 17.1 Å². The Hall–Kier alpha value is -1.28. The highest BCUT2D eigenvalue weighted by atomic mass is 31.2. The Morgan fingerprint density at radius 2 is 1.54 bits per heavy atom. The highest BCUT2D eigenvalue weighted by molar-refractivity contribution is 7.81. The molecule has 0 spiro atoms. The van der Waals surface area contributed by atoms with E-state index >= 15 is 0 Å². The van der Waals surface area contributed by atoms with Crippen molar-refractivity contribution in [3.63, 3.8) is 0 Å². The molecule has 0 aromatic heterocycles. The number of carbonyl (C=O) groups is 1. The van der Waals surface area contributed by atoms with Crippen molar-refractivity contribution in [2.45, 2.75) is 83.2 Å². The third kappa shape index (κ3) is 5.63. The summed E-state index contributed by atoms with van der Waals surface area (Å²) in [4.78, 5) is 13.7. The number of ether oxygens (including phenoxy) is 2. The summed E-state index contributed by atoms with van der Waals surface area (Å²) >= 11 is 0. The van der Waals surface area contributed by atoms with Gasteiger partial charge in [-0.25, -0.2) is 0 Å². The first kappa shape index (κ1) is 23.0. The van der Waals surface area contributed by atoms with Crippen molar-refractivity contribution in [1.82, 2.24) is 0 Å². The molecule has 28 heavy (non-hydrogen) atoms. The van der Waals surface area contributed by atoms with Crippen LogP contribution in [0.5, 0.6) is 11.5 Å². The lowest BCUT2D eigenvalue weighted by atomic mass is 10.0. The van der Waals surface area contributed by atoms with Crippen LogP contribution in [0.3, 0.4) is 0 Å². The summed E-state index contributed by atoms with van der Waals surface area (Å²) in [5, 5.41) is 0. The molecule has 1 aliphatic rings. The molecule has 1 fully saturated rings. The van der Waals surface area contributed by atoms with E-state index in [0.717, 1.165) is 44.9 Å². The topological polar surface area (TPSA) is 52.6 Å². The summed E-state index contributed by atoms with van der Waals surface area (Å²) in [6.07, 6.45) is 12.4. The van der Waals surface area contributed by atoms with Crippen LogP contribution in [0, 0.1) is 0 Å². The molecule has 1 atom stereocenters. The number of hydrogen-bond donors (Lipinski definition) is 0. The molecule has 0 heterocycles. The van der Waals surface area contributed by atoms with Crippen molar-refractivity contribution in [3.8, 4) is 11.5 Å². The Balaban J connectivity index is 2.26. The van der Waals surface area contributed by atoms with Gasteiger partial charge in [0.05, 0.1) is 14.2 Å². The van der Waals surface area contributed by atoms with E-state index in [1.54, 1.807) is 32.4 Å². The third-order valence-corrected chi connectivity index (χ3v) is 9.58. The summed E-state index contributed by atoms with van der Waals surface area (Å²) in [6, 6.07) is 5.31. The molecule has 0 N–H and O–H groups in total. The number of benzene rings is 1. The van der Waals surface area contributed by atoms with E-state index in [1.165, 1.54) is 25.7 Å². The summed E-state index contributed by atoms with van der Waals surface area (Å²) in [6.45, 7) is 2.20. The molecule has 0 amide bonds. The molecule has 158 valence electrons. The SMILES string of the molecule is CCCCCCCCP(=O)(C(=O)c1c(OC)cccc1OC)C1CCCCC1. The van der Waals surface area contributed by atoms with E-state index in [1.807, 2.05) is 0 Å². The molecule has 4 nitrogen and oxygen atoms in total. The van der Waals surface area contributed by atoms with E-state index in [9.17, 15) is 9.36 Å². The Kier molecular flexibility index (Phi) is 9.58. The quantitative estimate of drug-likeness (QED) is 0.279. The van der Waals surface area contributed by atoms with Crippen molar-refractivity contribution >= 4 is 12.7 Å². The van der Waals surface area contributed by atoms with E-state index in [-0.39, 0.29) is 11.2 Å². The smallest absolute Gasteiger partial charge is 0.229 e. The normalized spacial score (nSPS) is 17.1. The fourth-order valence-electron chi connectivity index (χ4n) is 4.33. The lowest BCUT2D eigenvalue weighted by Crippen LogP contribution is -2.21. The number of methoxy groups -OCH3 is 2. The molecule has 1 saturated carbocycles. The van der Waals surface area contributed by atoms with Gasteiger partial charge in [-0.15, -0.1) is 0 Å². The molecule has 1 aliphatic carbocycles. The van der Waals surface area contributed by atoms with E-state index in [0.29, 0.717) is 23.2 Å². The molecule has 1 aromatic carbocycles. The zero-order chi connectivity index (χ0) is 20.4. The van der Waals surface area contributed by atoms with Gasteiger partial charge in [-0.2, -0.15) is 0 Å². The maximum atomic E-state index is 14.2. The van der Waals surface area contributed by atoms with Gasteiger partial charge in [0, 0.05) is 11.8 Å². The summed E-state index contributed by atoms with van der Waals surface area (Å²) < 4.78 is 25.1. The van der Waals surface area contributed by atoms with Gasteiger partial charge in [-0.3, -0.25) is 4.79 Å². The summed E-state index contributed by atoms with van der Waals surface area (Å²) in [7, 11) is 0.0505. The van der Waals surface area contributed by atoms with E-state index < -0.39 is 7.14 Å². The van der Waals surface area contributed by atoms with Crippen molar-refractivity contribution in [3.05, 3.63) is 23.8 Å². The predicted molar refractivity (Wildman–Crippen MR) is 117 cm³/mol. The zero-order valence-corrected chi connectivity index (χ0v) is 18.8. The average Bonchev–Trinajstić information content (AvgIpc) is 2.75. The van der Waals surface area contributed by atoms with Crippen molar-refractivity contribution in [2.24, 2.45) is 0 Å². The van der Waals surface area contributed by atoms with Crippen LogP contribution in [0.15, 0.2) is 18.2 Å². The average molecular weight is 409 g/mol. The van der Waals surface area contributed by atoms with Crippen molar-refractivity contribution in [2.75, 3.05) is 20.4 Å². The largest absolute Gasteiger partial charge is 0.496 e. The standard InChI is InChI=1S/C23H37O4P/c1-4-5-6-7-8-12-18-28(25,19-14-10-9-11-15-19)23(24)22-20(26-2)16-13-17-21(22)27-3/h13,16-17,19H,4-12,14-15,18H2,1-3H3. The first-order valence-electron chi connectivity index (χ1n) is 10.9. The second-order valence-corrected chi connectivity index (χ2v) is 11.1. The Morgan fingerprint density at radius 1 is 0.964 bits per heavy atom. The molecule has 0 aliphatic heterocycles. The number of carbonyl (C=O) groups excluding carboxylic acids is 1. The second-order valence-electron chi connectivity index (χ2n) is 7.92. The van der Waals surface area contributed by atoms with Gasteiger partial charge in [0.2, 0.25) is 5.52 Å². The van der Waals surface area contributed by atoms with Gasteiger partial charge in [-0.05, 0) is 31.4 Å². The molecule has 2 rings (SSSR count). The summed E-state index contributed by atoms with van der Waals surface area (Å²) in [5.41, 5.74) is 0.147. The van der Waals surface area contributed by atoms with Crippen LogP contribution in [0.4, 0.5) is 0 Å². The first-order chi connectivity index (χ1) is 13.6. The van der Waals surface area contributed by atoms with Crippen LogP contribution < -0.4 is 9.47 Å². The van der Waals surface area contributed by atoms with Gasteiger partial charge >= 0.3 is 0 Å². The van der Waals surface area contributed by atoms with Crippen LogP contribution in [0.1, 0.15) is 87.9 Å². The minimum atomic E-state index is -3.04. The fraction of sp³-hybridized carbons (Fsp3) is 0.696. The number of unbranched alkanes of at least 4 members (excludes halogenated alkanes) is 5. The van der Waals surface area contributed by atoms with Crippen molar-refractivity contribution < 1.29 is 18.8 Å². The fourth-order valence-corrected chi connectivity index (χ4v) is 7.72. The van der Waals surface area contributed by atoms with E-state index in [2.05, 4.69) is 6.92 Å². The highest BCUT2D eigenvalue weighted by Crippen LogP contribution is 2.60. The molecule has 1 unspecified atom stereocenters. The van der Waals surface area contributed by atoms with Gasteiger partial charge in [0.25, 0.3) is 0 Å². The lowest BCUT2D eigenvalue weighted by molar-refractivity contribution is 0.106. The van der Waals surface area contributed by atoms with Crippen LogP contribution >= 0.6 is 7.14 Å². The number of hydrogen-bond acceptors (Lipinski definition) is 4. The van der Waals surface area contributed by atoms with Crippen LogP contribution in [0.2, 0.25) is 0 Å². The maximum absolute atomic E-state index is 14.2. The zero-order valence-electron chi connectivity index (χ0n) is 17.9. The Labute approximate surface area is 170 Å². The van der Waals surface area contributed by atoms with Gasteiger partial charge in [-0.1, -0.05) is 64.4 Å². The van der Waals surface area contributed by atoms with Crippen LogP contribution in [-0.2, 0) is 4.57 Å². The maximum Gasteiger partial charge on any atom is 0.229 e. The molecular formula is C23H37O4P. The van der Waals surface area contributed by atoms with Gasteiger partial charge < -0.3 is 14.0 Å². The molecular weight excluding hydrogens is 371 g/mol. The van der Waals surface area contributed by atoms with Crippen molar-refractivity contribution in [1.29, 1.82) is 0 Å². The van der Waals surface area contributed by atoms with E-state index in [4.69, 9.17) is 9.47 Å². The molecule has 1 aromatic rings. The van der Waals surface area contributed by atoms with Crippen LogP contribution in [-0.4, -0.2) is 31.6 Å². The Morgan fingerprint density at radius 3 is 2.11 bits per heavy atom. The molecule has 0 saturated heterocycles. The molecule has 0 radical (unpaired) electrons. The number of rotatable bonds is 12. The third-order valence-electron chi connectivity index (χ3n) is 5.99. The minimum Gasteiger partial charge on any atom is -0.496 e. The minimum absolute atomic E-state index is 0.0130. The van der Waals surface area contributed by atoms with Crippen LogP contribution in [0.25, 0.3) is 0 Å². The monoisotopic (exact) mass is 408 g/mol. The second kappa shape index (κ2) is 11.7. The highest BCUT2D eigenvalue weighted by Gasteiger charge is 2.42. The Bertz CT molecular complexity index is 642.